The van der Waals surface area contributed by atoms with Gasteiger partial charge in [0.15, 0.2) is 0 Å². The molecule has 0 aliphatic carbocycles. The van der Waals surface area contributed by atoms with Gasteiger partial charge in [-0.2, -0.15) is 0 Å². The third-order valence-electron chi connectivity index (χ3n) is 2.91. The molecule has 18 heavy (non-hydrogen) atoms. The number of fused-ring (bicyclic) bond motifs is 1. The summed E-state index contributed by atoms with van der Waals surface area (Å²) in [6.45, 7) is 4.01. The number of amides is 1. The van der Waals surface area contributed by atoms with Crippen LogP contribution in [0.3, 0.4) is 0 Å². The van der Waals surface area contributed by atoms with Crippen LogP contribution in [-0.4, -0.2) is 49.1 Å². The normalized spacial score (nSPS) is 17.3. The molecule has 1 aliphatic rings. The molecule has 0 aromatic carbocycles. The van der Waals surface area contributed by atoms with Gasteiger partial charge in [-0.3, -0.25) is 9.69 Å². The third-order valence-corrected chi connectivity index (χ3v) is 2.91. The van der Waals surface area contributed by atoms with Crippen molar-refractivity contribution in [2.24, 2.45) is 0 Å². The van der Waals surface area contributed by atoms with Gasteiger partial charge in [-0.25, -0.2) is 4.98 Å². The number of hydrogen-bond acceptors (Lipinski definition) is 5. The Kier molecular flexibility index (Phi) is 3.98. The summed E-state index contributed by atoms with van der Waals surface area (Å²) in [4.78, 5) is 18.3. The van der Waals surface area contributed by atoms with E-state index in [0.29, 0.717) is 6.61 Å². The monoisotopic (exact) mass is 253 g/mol. The van der Waals surface area contributed by atoms with E-state index in [1.165, 1.54) is 0 Å². The summed E-state index contributed by atoms with van der Waals surface area (Å²) in [6.07, 6.45) is 0.805. The van der Waals surface area contributed by atoms with E-state index in [1.54, 1.807) is 7.11 Å². The lowest BCUT2D eigenvalue weighted by atomic mass is 10.2. The Balaban J connectivity index is 2.03. The van der Waals surface area contributed by atoms with Crippen molar-refractivity contribution in [3.8, 4) is 0 Å². The van der Waals surface area contributed by atoms with Gasteiger partial charge >= 0.3 is 5.91 Å². The lowest BCUT2D eigenvalue weighted by molar-refractivity contribution is 0.0869. The van der Waals surface area contributed by atoms with Gasteiger partial charge in [0.1, 0.15) is 5.76 Å². The second kappa shape index (κ2) is 5.49. The molecule has 1 atom stereocenters. The van der Waals surface area contributed by atoms with Crippen molar-refractivity contribution in [2.75, 3.05) is 27.3 Å². The Morgan fingerprint density at radius 2 is 2.44 bits per heavy atom. The van der Waals surface area contributed by atoms with Crippen LogP contribution < -0.4 is 5.32 Å². The Morgan fingerprint density at radius 1 is 1.67 bits per heavy atom. The van der Waals surface area contributed by atoms with Gasteiger partial charge in [-0.1, -0.05) is 0 Å². The van der Waals surface area contributed by atoms with E-state index in [-0.39, 0.29) is 17.8 Å². The summed E-state index contributed by atoms with van der Waals surface area (Å²) in [5, 5.41) is 2.78. The molecule has 1 amide bonds. The standard InChI is InChI=1S/C12H19N3O3/c1-8(7-17-3)13-11(16)12-14-9-6-15(2)5-4-10(9)18-12/h8H,4-7H2,1-3H3,(H,13,16)/t8-/m0/s1. The van der Waals surface area contributed by atoms with Gasteiger partial charge in [0.25, 0.3) is 5.89 Å². The van der Waals surface area contributed by atoms with Crippen molar-refractivity contribution in [3.05, 3.63) is 17.3 Å². The Labute approximate surface area is 106 Å². The lowest BCUT2D eigenvalue weighted by Crippen LogP contribution is -2.35. The third kappa shape index (κ3) is 2.88. The summed E-state index contributed by atoms with van der Waals surface area (Å²) in [6, 6.07) is -0.0610. The Bertz CT molecular complexity index is 430. The molecule has 1 aliphatic heterocycles. The second-order valence-corrected chi connectivity index (χ2v) is 4.71. The number of aromatic nitrogens is 1. The highest BCUT2D eigenvalue weighted by atomic mass is 16.5. The summed E-state index contributed by atoms with van der Waals surface area (Å²) < 4.78 is 10.5. The van der Waals surface area contributed by atoms with Crippen molar-refractivity contribution < 1.29 is 13.9 Å². The van der Waals surface area contributed by atoms with Gasteiger partial charge in [0.2, 0.25) is 0 Å². The molecule has 2 heterocycles. The molecule has 0 bridgehead atoms. The molecule has 100 valence electrons. The summed E-state index contributed by atoms with van der Waals surface area (Å²) in [5.74, 6) is 0.701. The number of hydrogen-bond donors (Lipinski definition) is 1. The van der Waals surface area contributed by atoms with Gasteiger partial charge in [0, 0.05) is 32.7 Å². The van der Waals surface area contributed by atoms with Crippen LogP contribution >= 0.6 is 0 Å². The molecule has 0 saturated carbocycles. The molecule has 0 unspecified atom stereocenters. The number of oxazole rings is 1. The molecule has 0 fully saturated rings. The van der Waals surface area contributed by atoms with Crippen LogP contribution in [0.25, 0.3) is 0 Å². The number of ether oxygens (including phenoxy) is 1. The van der Waals surface area contributed by atoms with Gasteiger partial charge in [-0.05, 0) is 14.0 Å². The minimum atomic E-state index is -0.281. The molecule has 0 spiro atoms. The Hall–Kier alpha value is -1.40. The summed E-state index contributed by atoms with van der Waals surface area (Å²) in [5.41, 5.74) is 0.869. The first kappa shape index (κ1) is 13.0. The molecule has 6 nitrogen and oxygen atoms in total. The minimum absolute atomic E-state index is 0.0610. The van der Waals surface area contributed by atoms with Crippen molar-refractivity contribution in [3.63, 3.8) is 0 Å². The highest BCUT2D eigenvalue weighted by molar-refractivity contribution is 5.89. The number of carbonyl (C=O) groups is 1. The topological polar surface area (TPSA) is 67.6 Å². The number of nitrogens with zero attached hydrogens (tertiary/aromatic N) is 2. The minimum Gasteiger partial charge on any atom is -0.437 e. The van der Waals surface area contributed by atoms with Crippen molar-refractivity contribution in [1.29, 1.82) is 0 Å². The van der Waals surface area contributed by atoms with Crippen LogP contribution in [0.4, 0.5) is 0 Å². The zero-order chi connectivity index (χ0) is 13.1. The van der Waals surface area contributed by atoms with Gasteiger partial charge < -0.3 is 14.5 Å². The number of rotatable bonds is 4. The maximum atomic E-state index is 11.9. The number of likely N-dealkylation sites (N-methyl/N-ethyl adjacent to an activating group) is 1. The summed E-state index contributed by atoms with van der Waals surface area (Å²) >= 11 is 0. The predicted molar refractivity (Wildman–Crippen MR) is 65.3 cm³/mol. The zero-order valence-corrected chi connectivity index (χ0v) is 11.0. The zero-order valence-electron chi connectivity index (χ0n) is 11.0. The smallest absolute Gasteiger partial charge is 0.307 e. The van der Waals surface area contributed by atoms with E-state index < -0.39 is 0 Å². The van der Waals surface area contributed by atoms with E-state index in [0.717, 1.165) is 31.0 Å². The highest BCUT2D eigenvalue weighted by Crippen LogP contribution is 2.18. The first-order valence-corrected chi connectivity index (χ1v) is 6.07. The van der Waals surface area contributed by atoms with Crippen molar-refractivity contribution >= 4 is 5.91 Å². The highest BCUT2D eigenvalue weighted by Gasteiger charge is 2.23. The summed E-state index contributed by atoms with van der Waals surface area (Å²) in [7, 11) is 3.63. The number of nitrogens with one attached hydrogen (secondary N) is 1. The van der Waals surface area contributed by atoms with Crippen LogP contribution in [0.2, 0.25) is 0 Å². The lowest BCUT2D eigenvalue weighted by Gasteiger charge is -2.19. The molecule has 0 radical (unpaired) electrons. The van der Waals surface area contributed by atoms with E-state index >= 15 is 0 Å². The SMILES string of the molecule is COC[C@H](C)NC(=O)c1nc2c(o1)CCN(C)C2. The predicted octanol–water partition coefficient (Wildman–Crippen LogP) is 0.427. The molecule has 1 N–H and O–H groups in total. The quantitative estimate of drug-likeness (QED) is 0.842. The fourth-order valence-electron chi connectivity index (χ4n) is 2.00. The van der Waals surface area contributed by atoms with E-state index in [9.17, 15) is 4.79 Å². The number of methoxy groups -OCH3 is 1. The average molecular weight is 253 g/mol. The molecule has 0 saturated heterocycles. The largest absolute Gasteiger partial charge is 0.437 e. The first-order valence-electron chi connectivity index (χ1n) is 6.07. The van der Waals surface area contributed by atoms with Crippen LogP contribution in [0, 0.1) is 0 Å². The van der Waals surface area contributed by atoms with Crippen molar-refractivity contribution in [2.45, 2.75) is 25.9 Å². The van der Waals surface area contributed by atoms with Crippen LogP contribution in [0.15, 0.2) is 4.42 Å². The molecule has 1 aromatic heterocycles. The number of carbonyl (C=O) groups excluding carboxylic acids is 1. The van der Waals surface area contributed by atoms with Gasteiger partial charge in [-0.15, -0.1) is 0 Å². The van der Waals surface area contributed by atoms with E-state index in [4.69, 9.17) is 9.15 Å². The first-order chi connectivity index (χ1) is 8.60. The van der Waals surface area contributed by atoms with E-state index in [1.807, 2.05) is 14.0 Å². The Morgan fingerprint density at radius 3 is 3.17 bits per heavy atom. The van der Waals surface area contributed by atoms with Crippen molar-refractivity contribution in [1.82, 2.24) is 15.2 Å². The average Bonchev–Trinajstić information content (AvgIpc) is 2.72. The van der Waals surface area contributed by atoms with Crippen LogP contribution in [-0.2, 0) is 17.7 Å². The molecule has 6 heteroatoms. The molecular formula is C12H19N3O3. The maximum Gasteiger partial charge on any atom is 0.307 e. The molecule has 2 rings (SSSR count). The van der Waals surface area contributed by atoms with Crippen LogP contribution in [0.5, 0.6) is 0 Å². The second-order valence-electron chi connectivity index (χ2n) is 4.71. The van der Waals surface area contributed by atoms with E-state index in [2.05, 4.69) is 15.2 Å². The van der Waals surface area contributed by atoms with Crippen LogP contribution in [0.1, 0.15) is 29.1 Å². The fourth-order valence-corrected chi connectivity index (χ4v) is 2.00. The molecule has 1 aromatic rings. The van der Waals surface area contributed by atoms with Gasteiger partial charge in [0.05, 0.1) is 12.3 Å². The fraction of sp³-hybridized carbons (Fsp3) is 0.667. The maximum absolute atomic E-state index is 11.9. The molecular weight excluding hydrogens is 234 g/mol.